The number of sulfonamides is 1. The fourth-order valence-corrected chi connectivity index (χ4v) is 4.22. The molecule has 0 aromatic heterocycles. The minimum atomic E-state index is -4.47. The molecule has 0 unspecified atom stereocenters. The highest BCUT2D eigenvalue weighted by atomic mass is 32.2. The first-order valence-corrected chi connectivity index (χ1v) is 8.45. The number of hydrogen-bond donors (Lipinski definition) is 1. The molecule has 0 radical (unpaired) electrons. The molecule has 1 aromatic rings. The first-order chi connectivity index (χ1) is 10.1. The van der Waals surface area contributed by atoms with Crippen LogP contribution >= 0.6 is 0 Å². The maximum Gasteiger partial charge on any atom is 0.393 e. The van der Waals surface area contributed by atoms with E-state index in [-0.39, 0.29) is 12.8 Å². The lowest BCUT2D eigenvalue weighted by atomic mass is 9.85. The van der Waals surface area contributed by atoms with Crippen LogP contribution in [0.25, 0.3) is 0 Å². The number of benzene rings is 1. The van der Waals surface area contributed by atoms with Gasteiger partial charge in [0, 0.05) is 6.04 Å². The van der Waals surface area contributed by atoms with Gasteiger partial charge in [0.05, 0.1) is 5.92 Å². The van der Waals surface area contributed by atoms with Gasteiger partial charge in [-0.2, -0.15) is 13.2 Å². The zero-order valence-corrected chi connectivity index (χ0v) is 12.8. The number of nitrogens with one attached hydrogen (secondary N) is 1. The molecule has 124 valence electrons. The van der Waals surface area contributed by atoms with E-state index in [2.05, 4.69) is 0 Å². The molecule has 1 saturated carbocycles. The van der Waals surface area contributed by atoms with E-state index >= 15 is 0 Å². The monoisotopic (exact) mass is 339 g/mol. The van der Waals surface area contributed by atoms with Crippen molar-refractivity contribution < 1.29 is 26.0 Å². The first kappa shape index (κ1) is 17.2. The predicted octanol–water partition coefficient (Wildman–Crippen LogP) is 3.53. The predicted molar refractivity (Wildman–Crippen MR) is 73.3 cm³/mol. The van der Waals surface area contributed by atoms with E-state index in [0.717, 1.165) is 12.1 Å². The van der Waals surface area contributed by atoms with Gasteiger partial charge in [0.15, 0.2) is 0 Å². The number of rotatable bonds is 3. The summed E-state index contributed by atoms with van der Waals surface area (Å²) in [6, 6.07) is 2.25. The topological polar surface area (TPSA) is 46.2 Å². The van der Waals surface area contributed by atoms with Crippen molar-refractivity contribution in [3.05, 3.63) is 29.6 Å². The van der Waals surface area contributed by atoms with E-state index in [1.54, 1.807) is 6.92 Å². The summed E-state index contributed by atoms with van der Waals surface area (Å²) in [6.45, 7) is 1.58. The van der Waals surface area contributed by atoms with Gasteiger partial charge in [-0.3, -0.25) is 0 Å². The number of aryl methyl sites for hydroxylation is 1. The number of hydrogen-bond acceptors (Lipinski definition) is 2. The molecule has 0 heterocycles. The van der Waals surface area contributed by atoms with Crippen molar-refractivity contribution in [1.82, 2.24) is 4.72 Å². The smallest absolute Gasteiger partial charge is 0.207 e. The molecule has 0 bridgehead atoms. The SMILES string of the molecule is Cc1ccc(F)c(S(=O)(=O)N[C@@H]2CCCC[C@H]2C(F)(F)F)c1. The Morgan fingerprint density at radius 1 is 1.18 bits per heavy atom. The standard InChI is InChI=1S/C14H17F4NO2S/c1-9-6-7-11(15)13(8-9)22(20,21)19-12-5-3-2-4-10(12)14(16,17)18/h6-8,10,12,19H,2-5H2,1H3/t10-,12-/m1/s1. The molecule has 22 heavy (non-hydrogen) atoms. The van der Waals surface area contributed by atoms with E-state index < -0.39 is 38.9 Å². The number of halogens is 4. The van der Waals surface area contributed by atoms with Crippen molar-refractivity contribution in [3.8, 4) is 0 Å². The Balaban J connectivity index is 2.29. The molecule has 1 aliphatic rings. The molecule has 0 saturated heterocycles. The Hall–Kier alpha value is -1.15. The molecule has 2 atom stereocenters. The average molecular weight is 339 g/mol. The van der Waals surface area contributed by atoms with Crippen LogP contribution in [-0.4, -0.2) is 20.6 Å². The zero-order chi connectivity index (χ0) is 16.5. The second-order valence-electron chi connectivity index (χ2n) is 5.59. The molecule has 0 spiro atoms. The summed E-state index contributed by atoms with van der Waals surface area (Å²) in [6.07, 6.45) is -3.58. The van der Waals surface area contributed by atoms with Crippen LogP contribution in [0.2, 0.25) is 0 Å². The summed E-state index contributed by atoms with van der Waals surface area (Å²) < 4.78 is 79.2. The van der Waals surface area contributed by atoms with Crippen LogP contribution in [0.3, 0.4) is 0 Å². The van der Waals surface area contributed by atoms with Gasteiger partial charge in [-0.25, -0.2) is 17.5 Å². The highest BCUT2D eigenvalue weighted by molar-refractivity contribution is 7.89. The van der Waals surface area contributed by atoms with Crippen molar-refractivity contribution in [2.24, 2.45) is 5.92 Å². The Morgan fingerprint density at radius 2 is 1.82 bits per heavy atom. The maximum absolute atomic E-state index is 13.7. The van der Waals surface area contributed by atoms with Crippen LogP contribution in [-0.2, 0) is 10.0 Å². The first-order valence-electron chi connectivity index (χ1n) is 6.96. The maximum atomic E-state index is 13.7. The van der Waals surface area contributed by atoms with Crippen molar-refractivity contribution in [3.63, 3.8) is 0 Å². The van der Waals surface area contributed by atoms with Gasteiger partial charge >= 0.3 is 6.18 Å². The molecule has 1 aromatic carbocycles. The summed E-state index contributed by atoms with van der Waals surface area (Å²) in [5.74, 6) is -2.71. The summed E-state index contributed by atoms with van der Waals surface area (Å²) in [4.78, 5) is -0.612. The van der Waals surface area contributed by atoms with E-state index in [1.165, 1.54) is 6.07 Å². The quantitative estimate of drug-likeness (QED) is 0.857. The normalized spacial score (nSPS) is 23.5. The van der Waals surface area contributed by atoms with Gasteiger partial charge in [-0.05, 0) is 37.5 Å². The Bertz CT molecular complexity index is 643. The third kappa shape index (κ3) is 3.78. The fraction of sp³-hybridized carbons (Fsp3) is 0.571. The molecule has 8 heteroatoms. The lowest BCUT2D eigenvalue weighted by Gasteiger charge is -2.33. The molecule has 2 rings (SSSR count). The van der Waals surface area contributed by atoms with Crippen LogP contribution in [0.4, 0.5) is 17.6 Å². The van der Waals surface area contributed by atoms with Crippen LogP contribution in [0, 0.1) is 18.7 Å². The van der Waals surface area contributed by atoms with Crippen LogP contribution in [0.15, 0.2) is 23.1 Å². The molecule has 1 aliphatic carbocycles. The summed E-state index contributed by atoms with van der Waals surface area (Å²) in [5.41, 5.74) is 0.512. The van der Waals surface area contributed by atoms with E-state index in [0.29, 0.717) is 18.4 Å². The lowest BCUT2D eigenvalue weighted by Crippen LogP contribution is -2.47. The lowest BCUT2D eigenvalue weighted by molar-refractivity contribution is -0.187. The van der Waals surface area contributed by atoms with Crippen LogP contribution in [0.1, 0.15) is 31.2 Å². The third-order valence-electron chi connectivity index (χ3n) is 3.87. The highest BCUT2D eigenvalue weighted by Crippen LogP contribution is 2.38. The van der Waals surface area contributed by atoms with Gasteiger partial charge in [0.2, 0.25) is 10.0 Å². The average Bonchev–Trinajstić information content (AvgIpc) is 2.40. The molecule has 3 nitrogen and oxygen atoms in total. The van der Waals surface area contributed by atoms with Gasteiger partial charge in [-0.15, -0.1) is 0 Å². The Kier molecular flexibility index (Phi) is 4.81. The van der Waals surface area contributed by atoms with Crippen molar-refractivity contribution in [1.29, 1.82) is 0 Å². The second kappa shape index (κ2) is 6.16. The summed E-state index contributed by atoms with van der Waals surface area (Å²) in [7, 11) is -4.33. The van der Waals surface area contributed by atoms with Crippen molar-refractivity contribution in [2.75, 3.05) is 0 Å². The fourth-order valence-electron chi connectivity index (χ4n) is 2.74. The highest BCUT2D eigenvalue weighted by Gasteiger charge is 2.46. The summed E-state index contributed by atoms with van der Waals surface area (Å²) in [5, 5.41) is 0. The second-order valence-corrected chi connectivity index (χ2v) is 7.28. The van der Waals surface area contributed by atoms with Crippen molar-refractivity contribution in [2.45, 2.75) is 49.7 Å². The zero-order valence-electron chi connectivity index (χ0n) is 12.0. The molecule has 0 aliphatic heterocycles. The van der Waals surface area contributed by atoms with E-state index in [1.807, 2.05) is 4.72 Å². The molecule has 1 N–H and O–H groups in total. The van der Waals surface area contributed by atoms with Crippen molar-refractivity contribution >= 4 is 10.0 Å². The molecular weight excluding hydrogens is 322 g/mol. The largest absolute Gasteiger partial charge is 0.393 e. The van der Waals surface area contributed by atoms with Gasteiger partial charge < -0.3 is 0 Å². The van der Waals surface area contributed by atoms with E-state index in [9.17, 15) is 26.0 Å². The Morgan fingerprint density at radius 3 is 2.45 bits per heavy atom. The Labute approximate surface area is 126 Å². The third-order valence-corrected chi connectivity index (χ3v) is 5.37. The molecular formula is C14H17F4NO2S. The van der Waals surface area contributed by atoms with Crippen LogP contribution in [0.5, 0.6) is 0 Å². The number of alkyl halides is 3. The van der Waals surface area contributed by atoms with E-state index in [4.69, 9.17) is 0 Å². The van der Waals surface area contributed by atoms with Gasteiger partial charge in [0.1, 0.15) is 10.7 Å². The molecule has 1 fully saturated rings. The van der Waals surface area contributed by atoms with Gasteiger partial charge in [-0.1, -0.05) is 18.9 Å². The van der Waals surface area contributed by atoms with Crippen LogP contribution < -0.4 is 4.72 Å². The minimum Gasteiger partial charge on any atom is -0.207 e. The minimum absolute atomic E-state index is 0.0941. The van der Waals surface area contributed by atoms with Gasteiger partial charge in [0.25, 0.3) is 0 Å². The summed E-state index contributed by atoms with van der Waals surface area (Å²) >= 11 is 0. The molecule has 0 amide bonds.